The van der Waals surface area contributed by atoms with Crippen molar-refractivity contribution < 1.29 is 9.90 Å². The zero-order valence-electron chi connectivity index (χ0n) is 10.5. The maximum absolute atomic E-state index is 11.4. The van der Waals surface area contributed by atoms with Gasteiger partial charge in [0.05, 0.1) is 0 Å². The van der Waals surface area contributed by atoms with Crippen LogP contribution in [0.3, 0.4) is 0 Å². The lowest BCUT2D eigenvalue weighted by molar-refractivity contribution is 0.0697. The first-order valence-corrected chi connectivity index (χ1v) is 6.77. The summed E-state index contributed by atoms with van der Waals surface area (Å²) in [5, 5.41) is 9.36. The summed E-state index contributed by atoms with van der Waals surface area (Å²) >= 11 is 0. The van der Waals surface area contributed by atoms with Crippen molar-refractivity contribution in [3.63, 3.8) is 0 Å². The van der Waals surface area contributed by atoms with Crippen LogP contribution < -0.4 is 4.90 Å². The summed E-state index contributed by atoms with van der Waals surface area (Å²) in [5.41, 5.74) is 2.65. The zero-order valence-corrected chi connectivity index (χ0v) is 10.5. The third-order valence-electron chi connectivity index (χ3n) is 3.92. The summed E-state index contributed by atoms with van der Waals surface area (Å²) < 4.78 is 0. The van der Waals surface area contributed by atoms with Crippen LogP contribution >= 0.6 is 0 Å². The highest BCUT2D eigenvalue weighted by Gasteiger charge is 2.24. The molecule has 0 saturated carbocycles. The molecule has 1 N–H and O–H groups in total. The zero-order chi connectivity index (χ0) is 12.5. The van der Waals surface area contributed by atoms with Crippen LogP contribution in [0.1, 0.15) is 47.3 Å². The van der Waals surface area contributed by atoms with Gasteiger partial charge < -0.3 is 10.0 Å². The molecule has 4 nitrogen and oxygen atoms in total. The van der Waals surface area contributed by atoms with Crippen molar-refractivity contribution in [1.82, 2.24) is 4.98 Å². The molecule has 1 aromatic rings. The molecule has 1 aliphatic carbocycles. The van der Waals surface area contributed by atoms with Gasteiger partial charge in [-0.15, -0.1) is 0 Å². The molecule has 0 bridgehead atoms. The Bertz CT molecular complexity index is 479. The summed E-state index contributed by atoms with van der Waals surface area (Å²) in [7, 11) is 0. The average molecular weight is 246 g/mol. The van der Waals surface area contributed by atoms with Crippen LogP contribution in [0, 0.1) is 0 Å². The Hall–Kier alpha value is -1.58. The van der Waals surface area contributed by atoms with Crippen LogP contribution in [-0.4, -0.2) is 29.1 Å². The van der Waals surface area contributed by atoms with Gasteiger partial charge in [0.25, 0.3) is 0 Å². The number of carboxylic acids is 1. The number of carbonyl (C=O) groups is 1. The van der Waals surface area contributed by atoms with Crippen LogP contribution in [0.15, 0.2) is 6.07 Å². The van der Waals surface area contributed by atoms with Crippen molar-refractivity contribution in [2.75, 3.05) is 18.0 Å². The van der Waals surface area contributed by atoms with E-state index in [2.05, 4.69) is 9.88 Å². The van der Waals surface area contributed by atoms with E-state index >= 15 is 0 Å². The van der Waals surface area contributed by atoms with Crippen LogP contribution in [0.2, 0.25) is 0 Å². The number of rotatable bonds is 2. The minimum Gasteiger partial charge on any atom is -0.478 e. The lowest BCUT2D eigenvalue weighted by Gasteiger charge is -2.23. The third kappa shape index (κ3) is 1.96. The molecule has 3 rings (SSSR count). The predicted octanol–water partition coefficient (Wildman–Crippen LogP) is 2.26. The Morgan fingerprint density at radius 3 is 2.61 bits per heavy atom. The van der Waals surface area contributed by atoms with Gasteiger partial charge in [0, 0.05) is 18.8 Å². The lowest BCUT2D eigenvalue weighted by Crippen LogP contribution is -2.24. The van der Waals surface area contributed by atoms with E-state index in [0.717, 1.165) is 56.5 Å². The minimum atomic E-state index is -0.849. The van der Waals surface area contributed by atoms with Crippen molar-refractivity contribution in [2.45, 2.75) is 38.5 Å². The molecular formula is C14H18N2O2. The molecule has 2 aliphatic rings. The summed E-state index contributed by atoms with van der Waals surface area (Å²) in [5.74, 6) is -0.154. The third-order valence-corrected chi connectivity index (χ3v) is 3.92. The number of aromatic nitrogens is 1. The average Bonchev–Trinajstić information content (AvgIpc) is 2.91. The summed E-state index contributed by atoms with van der Waals surface area (Å²) in [4.78, 5) is 18.2. The highest BCUT2D eigenvalue weighted by Crippen LogP contribution is 2.28. The van der Waals surface area contributed by atoms with E-state index < -0.39 is 5.97 Å². The fourth-order valence-corrected chi connectivity index (χ4v) is 2.95. The maximum atomic E-state index is 11.4. The van der Waals surface area contributed by atoms with Gasteiger partial charge in [0.1, 0.15) is 11.4 Å². The fraction of sp³-hybridized carbons (Fsp3) is 0.571. The van der Waals surface area contributed by atoms with Crippen LogP contribution in [-0.2, 0) is 12.8 Å². The van der Waals surface area contributed by atoms with Gasteiger partial charge in [-0.3, -0.25) is 0 Å². The topological polar surface area (TPSA) is 53.4 Å². The second-order valence-corrected chi connectivity index (χ2v) is 5.17. The van der Waals surface area contributed by atoms with Gasteiger partial charge in [-0.1, -0.05) is 0 Å². The molecule has 1 aliphatic heterocycles. The molecule has 96 valence electrons. The normalized spacial score (nSPS) is 18.8. The molecule has 0 spiro atoms. The van der Waals surface area contributed by atoms with Gasteiger partial charge in [0.2, 0.25) is 0 Å². The molecule has 0 atom stereocenters. The van der Waals surface area contributed by atoms with Crippen LogP contribution in [0.25, 0.3) is 0 Å². The number of nitrogens with zero attached hydrogens (tertiary/aromatic N) is 2. The Morgan fingerprint density at radius 2 is 1.89 bits per heavy atom. The van der Waals surface area contributed by atoms with Crippen molar-refractivity contribution >= 4 is 11.8 Å². The predicted molar refractivity (Wildman–Crippen MR) is 69.3 cm³/mol. The van der Waals surface area contributed by atoms with Crippen molar-refractivity contribution in [1.29, 1.82) is 0 Å². The molecule has 1 fully saturated rings. The number of hydrogen-bond acceptors (Lipinski definition) is 3. The second kappa shape index (κ2) is 4.59. The van der Waals surface area contributed by atoms with E-state index in [4.69, 9.17) is 0 Å². The van der Waals surface area contributed by atoms with E-state index in [-0.39, 0.29) is 0 Å². The first-order chi connectivity index (χ1) is 8.75. The lowest BCUT2D eigenvalue weighted by atomic mass is 9.94. The number of carboxylic acid groups (broad SMARTS) is 1. The molecule has 1 aromatic heterocycles. The first-order valence-electron chi connectivity index (χ1n) is 6.77. The summed E-state index contributed by atoms with van der Waals surface area (Å²) in [6.45, 7) is 1.87. The van der Waals surface area contributed by atoms with E-state index in [0.29, 0.717) is 11.4 Å². The smallest absolute Gasteiger partial charge is 0.339 e. The molecule has 2 heterocycles. The highest BCUT2D eigenvalue weighted by molar-refractivity contribution is 5.93. The van der Waals surface area contributed by atoms with E-state index in [1.165, 1.54) is 6.42 Å². The molecule has 0 aromatic carbocycles. The van der Waals surface area contributed by atoms with Crippen LogP contribution in [0.5, 0.6) is 0 Å². The molecule has 1 saturated heterocycles. The summed E-state index contributed by atoms with van der Waals surface area (Å²) in [6, 6.07) is 1.86. The number of fused-ring (bicyclic) bond motifs is 1. The number of pyridine rings is 1. The van der Waals surface area contributed by atoms with E-state index in [1.807, 2.05) is 6.07 Å². The largest absolute Gasteiger partial charge is 0.478 e. The minimum absolute atomic E-state index is 0.387. The molecule has 0 unspecified atom stereocenters. The van der Waals surface area contributed by atoms with Crippen LogP contribution in [0.4, 0.5) is 5.82 Å². The van der Waals surface area contributed by atoms with Gasteiger partial charge in [-0.2, -0.15) is 0 Å². The summed E-state index contributed by atoms with van der Waals surface area (Å²) in [6.07, 6.45) is 6.57. The van der Waals surface area contributed by atoms with Gasteiger partial charge >= 0.3 is 5.97 Å². The Labute approximate surface area is 107 Å². The first kappa shape index (κ1) is 11.5. The Balaban J connectivity index is 2.06. The number of aryl methyl sites for hydroxylation is 2. The number of aromatic carboxylic acids is 1. The molecular weight excluding hydrogens is 228 g/mol. The maximum Gasteiger partial charge on any atom is 0.339 e. The van der Waals surface area contributed by atoms with E-state index in [1.54, 1.807) is 0 Å². The van der Waals surface area contributed by atoms with E-state index in [9.17, 15) is 9.90 Å². The number of hydrogen-bond donors (Lipinski definition) is 1. The molecule has 0 radical (unpaired) electrons. The SMILES string of the molecule is O=C(O)c1cc2c(nc1N1CCCC1)CCCC2. The fourth-order valence-electron chi connectivity index (χ4n) is 2.95. The van der Waals surface area contributed by atoms with Crippen molar-refractivity contribution in [3.8, 4) is 0 Å². The van der Waals surface area contributed by atoms with Crippen molar-refractivity contribution in [2.24, 2.45) is 0 Å². The monoisotopic (exact) mass is 246 g/mol. The molecule has 4 heteroatoms. The highest BCUT2D eigenvalue weighted by atomic mass is 16.4. The van der Waals surface area contributed by atoms with Gasteiger partial charge in [-0.25, -0.2) is 9.78 Å². The second-order valence-electron chi connectivity index (χ2n) is 5.17. The Morgan fingerprint density at radius 1 is 1.17 bits per heavy atom. The molecule has 18 heavy (non-hydrogen) atoms. The number of anilines is 1. The van der Waals surface area contributed by atoms with Crippen molar-refractivity contribution in [3.05, 3.63) is 22.9 Å². The Kier molecular flexibility index (Phi) is 2.94. The van der Waals surface area contributed by atoms with Gasteiger partial charge in [-0.05, 0) is 50.2 Å². The molecule has 0 amide bonds. The quantitative estimate of drug-likeness (QED) is 0.869. The van der Waals surface area contributed by atoms with Gasteiger partial charge in [0.15, 0.2) is 0 Å². The standard InChI is InChI=1S/C14H18N2O2/c17-14(18)11-9-10-5-1-2-6-12(10)15-13(11)16-7-3-4-8-16/h9H,1-8H2,(H,17,18).